The minimum Gasteiger partial charge on any atom is -0.508 e. The quantitative estimate of drug-likeness (QED) is 0.855. The topological polar surface area (TPSA) is 35.5 Å². The Morgan fingerprint density at radius 2 is 1.95 bits per heavy atom. The van der Waals surface area contributed by atoms with Crippen LogP contribution in [0.15, 0.2) is 22.7 Å². The van der Waals surface area contributed by atoms with E-state index in [1.165, 1.54) is 0 Å². The molecule has 3 nitrogen and oxygen atoms in total. The van der Waals surface area contributed by atoms with Gasteiger partial charge >= 0.3 is 0 Å². The zero-order valence-corrected chi connectivity index (χ0v) is 14.2. The first-order valence-electron chi connectivity index (χ1n) is 6.15. The lowest BCUT2D eigenvalue weighted by Gasteiger charge is -2.35. The normalized spacial score (nSPS) is 17.2. The molecule has 0 bridgehead atoms. The molecule has 0 radical (unpaired) electrons. The van der Waals surface area contributed by atoms with Crippen LogP contribution < -0.4 is 5.32 Å². The first-order valence-corrected chi connectivity index (χ1v) is 6.95. The van der Waals surface area contributed by atoms with E-state index < -0.39 is 0 Å². The van der Waals surface area contributed by atoms with E-state index in [1.54, 1.807) is 6.07 Å². The van der Waals surface area contributed by atoms with Crippen LogP contribution in [0.3, 0.4) is 0 Å². The lowest BCUT2D eigenvalue weighted by Crippen LogP contribution is -2.45. The summed E-state index contributed by atoms with van der Waals surface area (Å²) in [5.41, 5.74) is 1.04. The first kappa shape index (κ1) is 19.0. The number of aromatic hydroxyl groups is 1. The van der Waals surface area contributed by atoms with Crippen molar-refractivity contribution in [3.05, 3.63) is 28.2 Å². The van der Waals surface area contributed by atoms with Crippen molar-refractivity contribution < 1.29 is 5.11 Å². The summed E-state index contributed by atoms with van der Waals surface area (Å²) in [4.78, 5) is 2.44. The number of halogens is 3. The van der Waals surface area contributed by atoms with Crippen molar-refractivity contribution in [1.29, 1.82) is 0 Å². The summed E-state index contributed by atoms with van der Waals surface area (Å²) in [5, 5.41) is 13.4. The maximum absolute atomic E-state index is 10.1. The summed E-state index contributed by atoms with van der Waals surface area (Å²) in [5.74, 6) is 0.393. The van der Waals surface area contributed by atoms with Crippen LogP contribution in [-0.2, 0) is 0 Å². The summed E-state index contributed by atoms with van der Waals surface area (Å²) in [6, 6.07) is 6.13. The molecule has 0 aromatic heterocycles. The molecule has 0 amide bonds. The van der Waals surface area contributed by atoms with Crippen LogP contribution in [0, 0.1) is 0 Å². The van der Waals surface area contributed by atoms with Gasteiger partial charge < -0.3 is 10.4 Å². The number of phenolic OH excluding ortho intramolecular Hbond substituents is 1. The van der Waals surface area contributed by atoms with Gasteiger partial charge in [0.15, 0.2) is 0 Å². The van der Waals surface area contributed by atoms with E-state index in [1.807, 2.05) is 12.1 Å². The Labute approximate surface area is 135 Å². The molecule has 19 heavy (non-hydrogen) atoms. The number of hydrogen-bond acceptors (Lipinski definition) is 3. The molecule has 1 aliphatic heterocycles. The fraction of sp³-hybridized carbons (Fsp3) is 0.538. The molecule has 6 heteroatoms. The molecule has 2 N–H and O–H groups in total. The maximum Gasteiger partial charge on any atom is 0.121 e. The van der Waals surface area contributed by atoms with Crippen LogP contribution >= 0.6 is 40.7 Å². The van der Waals surface area contributed by atoms with Crippen molar-refractivity contribution in [3.63, 3.8) is 0 Å². The molecule has 0 unspecified atom stereocenters. The van der Waals surface area contributed by atoms with Crippen LogP contribution in [0.2, 0.25) is 0 Å². The van der Waals surface area contributed by atoms with Gasteiger partial charge in [-0.05, 0) is 18.6 Å². The fourth-order valence-electron chi connectivity index (χ4n) is 2.47. The predicted molar refractivity (Wildman–Crippen MR) is 87.8 cm³/mol. The molecule has 0 spiro atoms. The van der Waals surface area contributed by atoms with Crippen LogP contribution in [0.4, 0.5) is 0 Å². The molecule has 0 saturated carbocycles. The highest BCUT2D eigenvalue weighted by Gasteiger charge is 2.22. The highest BCUT2D eigenvalue weighted by molar-refractivity contribution is 9.10. The number of hydrogen-bond donors (Lipinski definition) is 2. The van der Waals surface area contributed by atoms with Crippen LogP contribution in [0.5, 0.6) is 5.75 Å². The van der Waals surface area contributed by atoms with Gasteiger partial charge in [0.1, 0.15) is 5.75 Å². The number of rotatable bonds is 3. The van der Waals surface area contributed by atoms with Crippen molar-refractivity contribution in [3.8, 4) is 5.75 Å². The summed E-state index contributed by atoms with van der Waals surface area (Å²) in [6.07, 6.45) is 1.02. The van der Waals surface area contributed by atoms with Gasteiger partial charge in [0.25, 0.3) is 0 Å². The molecule has 110 valence electrons. The Hall–Kier alpha value is -0.000000000000000111. The summed E-state index contributed by atoms with van der Waals surface area (Å²) in [6.45, 7) is 6.35. The molecule has 2 rings (SSSR count). The van der Waals surface area contributed by atoms with Gasteiger partial charge in [-0.1, -0.05) is 28.9 Å². The van der Waals surface area contributed by atoms with Gasteiger partial charge in [0.2, 0.25) is 0 Å². The third-order valence-corrected chi connectivity index (χ3v) is 3.82. The fourth-order valence-corrected chi connectivity index (χ4v) is 2.82. The average molecular weight is 372 g/mol. The van der Waals surface area contributed by atoms with Gasteiger partial charge in [0.05, 0.1) is 0 Å². The molecule has 1 heterocycles. The second-order valence-corrected chi connectivity index (χ2v) is 5.33. The van der Waals surface area contributed by atoms with Crippen molar-refractivity contribution in [2.24, 2.45) is 0 Å². The van der Waals surface area contributed by atoms with Gasteiger partial charge in [0, 0.05) is 42.3 Å². The minimum atomic E-state index is 0. The molecular formula is C13H21BrCl2N2O. The van der Waals surface area contributed by atoms with Crippen molar-refractivity contribution in [1.82, 2.24) is 10.2 Å². The van der Waals surface area contributed by atoms with Gasteiger partial charge in [-0.15, -0.1) is 24.8 Å². The third kappa shape index (κ3) is 4.80. The number of benzene rings is 1. The smallest absolute Gasteiger partial charge is 0.121 e. The Morgan fingerprint density at radius 3 is 2.47 bits per heavy atom. The largest absolute Gasteiger partial charge is 0.508 e. The second kappa shape index (κ2) is 9.03. The number of phenols is 1. The molecule has 1 aliphatic rings. The zero-order valence-electron chi connectivity index (χ0n) is 10.9. The summed E-state index contributed by atoms with van der Waals surface area (Å²) >= 11 is 3.38. The SMILES string of the molecule is CC[C@H](c1ccc(Br)cc1O)N1CCNCC1.Cl.Cl. The van der Waals surface area contributed by atoms with E-state index in [9.17, 15) is 5.11 Å². The molecule has 1 saturated heterocycles. The summed E-state index contributed by atoms with van der Waals surface area (Å²) < 4.78 is 0.925. The van der Waals surface area contributed by atoms with Gasteiger partial charge in [-0.2, -0.15) is 0 Å². The van der Waals surface area contributed by atoms with Gasteiger partial charge in [-0.3, -0.25) is 4.90 Å². The zero-order chi connectivity index (χ0) is 12.3. The lowest BCUT2D eigenvalue weighted by molar-refractivity contribution is 0.167. The van der Waals surface area contributed by atoms with E-state index in [0.717, 1.165) is 42.6 Å². The van der Waals surface area contributed by atoms with E-state index >= 15 is 0 Å². The van der Waals surface area contributed by atoms with Crippen molar-refractivity contribution in [2.45, 2.75) is 19.4 Å². The van der Waals surface area contributed by atoms with E-state index in [0.29, 0.717) is 11.8 Å². The highest BCUT2D eigenvalue weighted by atomic mass is 79.9. The lowest BCUT2D eigenvalue weighted by atomic mass is 10.0. The van der Waals surface area contributed by atoms with Crippen molar-refractivity contribution in [2.75, 3.05) is 26.2 Å². The second-order valence-electron chi connectivity index (χ2n) is 4.41. The van der Waals surface area contributed by atoms with E-state index in [2.05, 4.69) is 33.1 Å². The van der Waals surface area contributed by atoms with Crippen LogP contribution in [0.25, 0.3) is 0 Å². The molecular weight excluding hydrogens is 351 g/mol. The third-order valence-electron chi connectivity index (χ3n) is 3.33. The molecule has 1 aromatic rings. The van der Waals surface area contributed by atoms with Crippen molar-refractivity contribution >= 4 is 40.7 Å². The standard InChI is InChI=1S/C13H19BrN2O.2ClH/c1-2-12(16-7-5-15-6-8-16)11-4-3-10(14)9-13(11)17;;/h3-4,9,12,15,17H,2,5-8H2,1H3;2*1H/t12-;;/m1../s1. The minimum absolute atomic E-state index is 0. The highest BCUT2D eigenvalue weighted by Crippen LogP contribution is 2.33. The van der Waals surface area contributed by atoms with E-state index in [-0.39, 0.29) is 24.8 Å². The van der Waals surface area contributed by atoms with E-state index in [4.69, 9.17) is 0 Å². The number of nitrogens with one attached hydrogen (secondary N) is 1. The molecule has 0 aliphatic carbocycles. The number of piperazine rings is 1. The number of nitrogens with zero attached hydrogens (tertiary/aromatic N) is 1. The molecule has 1 fully saturated rings. The Kier molecular flexibility index (Phi) is 9.03. The monoisotopic (exact) mass is 370 g/mol. The maximum atomic E-state index is 10.1. The van der Waals surface area contributed by atoms with Crippen LogP contribution in [-0.4, -0.2) is 36.2 Å². The average Bonchev–Trinajstić information content (AvgIpc) is 2.34. The molecule has 1 aromatic carbocycles. The Bertz CT molecular complexity index is 387. The predicted octanol–water partition coefficient (Wildman–Crippen LogP) is 3.35. The van der Waals surface area contributed by atoms with Gasteiger partial charge in [-0.25, -0.2) is 0 Å². The van der Waals surface area contributed by atoms with Crippen LogP contribution in [0.1, 0.15) is 24.9 Å². The summed E-state index contributed by atoms with van der Waals surface area (Å²) in [7, 11) is 0. The first-order chi connectivity index (χ1) is 8.22. The Balaban J connectivity index is 0.00000162. The Morgan fingerprint density at radius 1 is 1.32 bits per heavy atom. The molecule has 1 atom stereocenters.